The molecule has 1 unspecified atom stereocenters. The molecule has 2 nitrogen and oxygen atoms in total. The number of hydrogen-bond donors (Lipinski definition) is 1. The minimum atomic E-state index is -4.18. The normalized spacial score (nSPS) is 14.0. The van der Waals surface area contributed by atoms with Crippen LogP contribution in [-0.4, -0.2) is 33.3 Å². The zero-order valence-electron chi connectivity index (χ0n) is 7.50. The SMILES string of the molecule is CC(CC(=O)O)SCCSC(F)(F)F. The van der Waals surface area contributed by atoms with E-state index in [1.807, 2.05) is 0 Å². The smallest absolute Gasteiger partial charge is 0.441 e. The largest absolute Gasteiger partial charge is 0.481 e. The van der Waals surface area contributed by atoms with E-state index in [0.29, 0.717) is 5.75 Å². The Morgan fingerprint density at radius 2 is 2.00 bits per heavy atom. The van der Waals surface area contributed by atoms with E-state index in [-0.39, 0.29) is 29.2 Å². The Morgan fingerprint density at radius 3 is 2.43 bits per heavy atom. The van der Waals surface area contributed by atoms with Crippen molar-refractivity contribution in [1.29, 1.82) is 0 Å². The van der Waals surface area contributed by atoms with Crippen molar-refractivity contribution in [2.45, 2.75) is 24.1 Å². The first-order valence-electron chi connectivity index (χ1n) is 3.85. The lowest BCUT2D eigenvalue weighted by molar-refractivity contribution is -0.136. The quantitative estimate of drug-likeness (QED) is 0.733. The molecule has 0 fully saturated rings. The first-order valence-corrected chi connectivity index (χ1v) is 5.89. The van der Waals surface area contributed by atoms with Gasteiger partial charge in [-0.05, 0) is 0 Å². The van der Waals surface area contributed by atoms with Crippen LogP contribution >= 0.6 is 23.5 Å². The van der Waals surface area contributed by atoms with Crippen LogP contribution in [0.15, 0.2) is 0 Å². The molecule has 0 amide bonds. The van der Waals surface area contributed by atoms with Gasteiger partial charge < -0.3 is 5.11 Å². The molecule has 0 radical (unpaired) electrons. The van der Waals surface area contributed by atoms with Crippen LogP contribution in [0.4, 0.5) is 13.2 Å². The van der Waals surface area contributed by atoms with Gasteiger partial charge in [0.15, 0.2) is 0 Å². The number of alkyl halides is 3. The van der Waals surface area contributed by atoms with Gasteiger partial charge in [0.1, 0.15) is 0 Å². The van der Waals surface area contributed by atoms with Crippen molar-refractivity contribution in [3.05, 3.63) is 0 Å². The van der Waals surface area contributed by atoms with Gasteiger partial charge in [-0.2, -0.15) is 24.9 Å². The third-order valence-electron chi connectivity index (χ3n) is 1.21. The zero-order chi connectivity index (χ0) is 11.2. The van der Waals surface area contributed by atoms with E-state index in [4.69, 9.17) is 5.11 Å². The second-order valence-electron chi connectivity index (χ2n) is 2.57. The number of rotatable bonds is 6. The van der Waals surface area contributed by atoms with E-state index in [9.17, 15) is 18.0 Å². The molecular weight excluding hydrogens is 237 g/mol. The molecule has 0 saturated heterocycles. The van der Waals surface area contributed by atoms with Crippen LogP contribution in [0, 0.1) is 0 Å². The Labute approximate surface area is 88.6 Å². The Hall–Kier alpha value is -0.0400. The fourth-order valence-corrected chi connectivity index (χ4v) is 2.32. The van der Waals surface area contributed by atoms with Crippen LogP contribution in [0.3, 0.4) is 0 Å². The molecule has 14 heavy (non-hydrogen) atoms. The fraction of sp³-hybridized carbons (Fsp3) is 0.857. The van der Waals surface area contributed by atoms with Crippen LogP contribution in [-0.2, 0) is 4.79 Å². The lowest BCUT2D eigenvalue weighted by Gasteiger charge is -2.08. The topological polar surface area (TPSA) is 37.3 Å². The molecule has 7 heteroatoms. The maximum atomic E-state index is 11.6. The number of carboxylic acid groups (broad SMARTS) is 1. The molecule has 0 aliphatic carbocycles. The van der Waals surface area contributed by atoms with Crippen LogP contribution in [0.25, 0.3) is 0 Å². The highest BCUT2D eigenvalue weighted by Gasteiger charge is 2.27. The predicted octanol–water partition coefficient (Wildman–Crippen LogP) is 2.84. The molecule has 0 rings (SSSR count). The van der Waals surface area contributed by atoms with Crippen LogP contribution in [0.5, 0.6) is 0 Å². The van der Waals surface area contributed by atoms with Crippen molar-refractivity contribution in [2.75, 3.05) is 11.5 Å². The number of halogens is 3. The summed E-state index contributed by atoms with van der Waals surface area (Å²) in [7, 11) is 0. The first-order chi connectivity index (χ1) is 6.31. The highest BCUT2D eigenvalue weighted by molar-refractivity contribution is 8.03. The summed E-state index contributed by atoms with van der Waals surface area (Å²) >= 11 is 1.17. The number of carbonyl (C=O) groups is 1. The minimum absolute atomic E-state index is 0.0125. The second kappa shape index (κ2) is 6.44. The van der Waals surface area contributed by atoms with Gasteiger partial charge in [0, 0.05) is 16.8 Å². The molecule has 0 saturated carbocycles. The fourth-order valence-electron chi connectivity index (χ4n) is 0.712. The number of hydrogen-bond acceptors (Lipinski definition) is 3. The lowest BCUT2D eigenvalue weighted by atomic mass is 10.3. The lowest BCUT2D eigenvalue weighted by Crippen LogP contribution is -2.08. The van der Waals surface area contributed by atoms with Crippen molar-refractivity contribution in [3.63, 3.8) is 0 Å². The van der Waals surface area contributed by atoms with Crippen LogP contribution < -0.4 is 0 Å². The van der Waals surface area contributed by atoms with Crippen molar-refractivity contribution in [1.82, 2.24) is 0 Å². The van der Waals surface area contributed by atoms with Crippen molar-refractivity contribution in [3.8, 4) is 0 Å². The van der Waals surface area contributed by atoms with Crippen LogP contribution in [0.2, 0.25) is 0 Å². The summed E-state index contributed by atoms with van der Waals surface area (Å²) in [4.78, 5) is 10.2. The predicted molar refractivity (Wildman–Crippen MR) is 52.7 cm³/mol. The van der Waals surface area contributed by atoms with Crippen molar-refractivity contribution in [2.24, 2.45) is 0 Å². The Morgan fingerprint density at radius 1 is 1.43 bits per heavy atom. The van der Waals surface area contributed by atoms with E-state index < -0.39 is 11.5 Å². The average Bonchev–Trinajstić information content (AvgIpc) is 1.95. The summed E-state index contributed by atoms with van der Waals surface area (Å²) in [5.41, 5.74) is -4.18. The van der Waals surface area contributed by atoms with E-state index in [1.165, 1.54) is 11.8 Å². The molecule has 0 heterocycles. The average molecular weight is 248 g/mol. The highest BCUT2D eigenvalue weighted by atomic mass is 32.2. The molecule has 84 valence electrons. The number of thioether (sulfide) groups is 2. The Kier molecular flexibility index (Phi) is 6.43. The maximum Gasteiger partial charge on any atom is 0.441 e. The van der Waals surface area contributed by atoms with E-state index in [2.05, 4.69) is 0 Å². The molecule has 0 spiro atoms. The van der Waals surface area contributed by atoms with E-state index in [1.54, 1.807) is 6.92 Å². The standard InChI is InChI=1S/C7H11F3O2S2/c1-5(4-6(11)12)13-2-3-14-7(8,9)10/h5H,2-4H2,1H3,(H,11,12). The van der Waals surface area contributed by atoms with E-state index >= 15 is 0 Å². The summed E-state index contributed by atoms with van der Waals surface area (Å²) in [6, 6.07) is 0. The van der Waals surface area contributed by atoms with Gasteiger partial charge in [0.05, 0.1) is 6.42 Å². The van der Waals surface area contributed by atoms with Gasteiger partial charge in [-0.3, -0.25) is 4.79 Å². The third kappa shape index (κ3) is 10.0. The van der Waals surface area contributed by atoms with Gasteiger partial charge in [-0.15, -0.1) is 0 Å². The molecule has 0 aliphatic heterocycles. The molecular formula is C7H11F3O2S2. The Bertz CT molecular complexity index is 184. The minimum Gasteiger partial charge on any atom is -0.481 e. The van der Waals surface area contributed by atoms with Gasteiger partial charge in [-0.1, -0.05) is 18.7 Å². The highest BCUT2D eigenvalue weighted by Crippen LogP contribution is 2.31. The van der Waals surface area contributed by atoms with Gasteiger partial charge in [-0.25, -0.2) is 0 Å². The Balaban J connectivity index is 3.41. The third-order valence-corrected chi connectivity index (χ3v) is 3.38. The van der Waals surface area contributed by atoms with E-state index in [0.717, 1.165) is 0 Å². The molecule has 0 aliphatic rings. The number of carboxylic acids is 1. The molecule has 0 bridgehead atoms. The summed E-state index contributed by atoms with van der Waals surface area (Å²) in [5.74, 6) is -0.634. The summed E-state index contributed by atoms with van der Waals surface area (Å²) < 4.78 is 34.9. The summed E-state index contributed by atoms with van der Waals surface area (Å²) in [6.45, 7) is 1.69. The first kappa shape index (κ1) is 14.0. The van der Waals surface area contributed by atoms with Crippen molar-refractivity contribution < 1.29 is 23.1 Å². The summed E-state index contributed by atoms with van der Waals surface area (Å²) in [6.07, 6.45) is -0.0125. The van der Waals surface area contributed by atoms with Gasteiger partial charge >= 0.3 is 11.5 Å². The van der Waals surface area contributed by atoms with Crippen molar-refractivity contribution >= 4 is 29.5 Å². The molecule has 1 N–H and O–H groups in total. The van der Waals surface area contributed by atoms with Gasteiger partial charge in [0.25, 0.3) is 0 Å². The van der Waals surface area contributed by atoms with Crippen LogP contribution in [0.1, 0.15) is 13.3 Å². The summed E-state index contributed by atoms with van der Waals surface area (Å²) in [5, 5.41) is 8.23. The molecule has 0 aromatic heterocycles. The monoisotopic (exact) mass is 248 g/mol. The second-order valence-corrected chi connectivity index (χ2v) is 5.28. The molecule has 1 atom stereocenters. The number of aliphatic carboxylic acids is 1. The molecule has 0 aromatic carbocycles. The van der Waals surface area contributed by atoms with Gasteiger partial charge in [0.2, 0.25) is 0 Å². The molecule has 0 aromatic rings. The zero-order valence-corrected chi connectivity index (χ0v) is 9.14. The maximum absolute atomic E-state index is 11.6.